The van der Waals surface area contributed by atoms with Crippen LogP contribution in [-0.4, -0.2) is 20.7 Å². The summed E-state index contributed by atoms with van der Waals surface area (Å²) in [6.45, 7) is 4.13. The van der Waals surface area contributed by atoms with Crippen molar-refractivity contribution in [3.63, 3.8) is 0 Å². The van der Waals surface area contributed by atoms with Gasteiger partial charge < -0.3 is 5.32 Å². The number of carbonyl (C=O) groups is 1. The lowest BCUT2D eigenvalue weighted by molar-refractivity contribution is 0.101. The predicted octanol–water partition coefficient (Wildman–Crippen LogP) is 5.06. The summed E-state index contributed by atoms with van der Waals surface area (Å²) in [5, 5.41) is 7.39. The highest BCUT2D eigenvalue weighted by Crippen LogP contribution is 2.22. The molecule has 0 atom stereocenters. The zero-order chi connectivity index (χ0) is 20.2. The molecule has 0 radical (unpaired) electrons. The molecule has 0 saturated heterocycles. The highest BCUT2D eigenvalue weighted by Gasteiger charge is 2.19. The molecule has 1 aromatic heterocycles. The standard InChI is InChI=1S/C24H22N4O/c1-3-18-11-13-20(14-12-18)25-24(29)22-26-23(19-7-5-4-6-8-19)28(27-22)21-15-9-17(2)10-16-21/h4-16H,3H2,1-2H3,(H,25,29). The van der Waals surface area contributed by atoms with Gasteiger partial charge in [0.1, 0.15) is 0 Å². The SMILES string of the molecule is CCc1ccc(NC(=O)c2nc(-c3ccccc3)n(-c3ccc(C)cc3)n2)cc1. The van der Waals surface area contributed by atoms with Crippen LogP contribution in [0.4, 0.5) is 5.69 Å². The van der Waals surface area contributed by atoms with Crippen LogP contribution in [0.2, 0.25) is 0 Å². The Morgan fingerprint density at radius 3 is 2.28 bits per heavy atom. The summed E-state index contributed by atoms with van der Waals surface area (Å²) < 4.78 is 1.71. The van der Waals surface area contributed by atoms with Gasteiger partial charge in [0, 0.05) is 11.3 Å². The molecule has 0 spiro atoms. The van der Waals surface area contributed by atoms with Crippen LogP contribution in [0.5, 0.6) is 0 Å². The first-order valence-electron chi connectivity index (χ1n) is 9.64. The molecule has 0 aliphatic heterocycles. The van der Waals surface area contributed by atoms with Crippen molar-refractivity contribution in [2.75, 3.05) is 5.32 Å². The minimum absolute atomic E-state index is 0.129. The van der Waals surface area contributed by atoms with Gasteiger partial charge in [-0.2, -0.15) is 0 Å². The Morgan fingerprint density at radius 2 is 1.62 bits per heavy atom. The summed E-state index contributed by atoms with van der Waals surface area (Å²) in [6.07, 6.45) is 0.956. The number of nitrogens with zero attached hydrogens (tertiary/aromatic N) is 3. The first-order chi connectivity index (χ1) is 14.1. The van der Waals surface area contributed by atoms with Gasteiger partial charge in [-0.05, 0) is 43.2 Å². The van der Waals surface area contributed by atoms with Gasteiger partial charge in [0.15, 0.2) is 5.82 Å². The quantitative estimate of drug-likeness (QED) is 0.525. The van der Waals surface area contributed by atoms with Crippen molar-refractivity contribution in [2.45, 2.75) is 20.3 Å². The monoisotopic (exact) mass is 382 g/mol. The number of rotatable bonds is 5. The van der Waals surface area contributed by atoms with Crippen molar-refractivity contribution in [3.05, 3.63) is 95.8 Å². The van der Waals surface area contributed by atoms with Gasteiger partial charge in [0.2, 0.25) is 5.82 Å². The van der Waals surface area contributed by atoms with E-state index in [1.165, 1.54) is 5.56 Å². The van der Waals surface area contributed by atoms with E-state index in [1.807, 2.05) is 85.8 Å². The van der Waals surface area contributed by atoms with E-state index >= 15 is 0 Å². The third kappa shape index (κ3) is 4.09. The lowest BCUT2D eigenvalue weighted by Crippen LogP contribution is -2.14. The third-order valence-electron chi connectivity index (χ3n) is 4.74. The topological polar surface area (TPSA) is 59.8 Å². The maximum Gasteiger partial charge on any atom is 0.295 e. The predicted molar refractivity (Wildman–Crippen MR) is 115 cm³/mol. The molecule has 3 aromatic carbocycles. The summed E-state index contributed by atoms with van der Waals surface area (Å²) in [4.78, 5) is 17.4. The van der Waals surface area contributed by atoms with E-state index in [4.69, 9.17) is 0 Å². The molecular formula is C24H22N4O. The molecule has 29 heavy (non-hydrogen) atoms. The molecule has 1 amide bonds. The van der Waals surface area contributed by atoms with Gasteiger partial charge >= 0.3 is 0 Å². The lowest BCUT2D eigenvalue weighted by atomic mass is 10.1. The van der Waals surface area contributed by atoms with Crippen LogP contribution >= 0.6 is 0 Å². The van der Waals surface area contributed by atoms with Gasteiger partial charge in [-0.15, -0.1) is 5.10 Å². The van der Waals surface area contributed by atoms with Crippen molar-refractivity contribution in [2.24, 2.45) is 0 Å². The van der Waals surface area contributed by atoms with Crippen molar-refractivity contribution in [1.82, 2.24) is 14.8 Å². The van der Waals surface area contributed by atoms with Crippen LogP contribution < -0.4 is 5.32 Å². The van der Waals surface area contributed by atoms with Gasteiger partial charge in [-0.1, -0.05) is 67.1 Å². The summed E-state index contributed by atoms with van der Waals surface area (Å²) in [6, 6.07) is 25.5. The first kappa shape index (κ1) is 18.6. The van der Waals surface area contributed by atoms with Crippen LogP contribution in [0.3, 0.4) is 0 Å². The number of anilines is 1. The molecule has 1 heterocycles. The second-order valence-corrected chi connectivity index (χ2v) is 6.88. The number of aryl methyl sites for hydroxylation is 2. The van der Waals surface area contributed by atoms with E-state index in [9.17, 15) is 4.79 Å². The van der Waals surface area contributed by atoms with Crippen LogP contribution in [-0.2, 0) is 6.42 Å². The Morgan fingerprint density at radius 1 is 0.931 bits per heavy atom. The van der Waals surface area contributed by atoms with Crippen molar-refractivity contribution < 1.29 is 4.79 Å². The number of hydrogen-bond acceptors (Lipinski definition) is 3. The average Bonchev–Trinajstić information content (AvgIpc) is 3.21. The van der Waals surface area contributed by atoms with E-state index in [-0.39, 0.29) is 11.7 Å². The molecule has 0 aliphatic carbocycles. The molecule has 5 heteroatoms. The first-order valence-corrected chi connectivity index (χ1v) is 9.64. The second-order valence-electron chi connectivity index (χ2n) is 6.88. The zero-order valence-corrected chi connectivity index (χ0v) is 16.5. The van der Waals surface area contributed by atoms with E-state index < -0.39 is 0 Å². The fraction of sp³-hybridized carbons (Fsp3) is 0.125. The smallest absolute Gasteiger partial charge is 0.295 e. The fourth-order valence-electron chi connectivity index (χ4n) is 3.06. The zero-order valence-electron chi connectivity index (χ0n) is 16.5. The highest BCUT2D eigenvalue weighted by molar-refractivity contribution is 6.01. The van der Waals surface area contributed by atoms with Crippen LogP contribution in [0, 0.1) is 6.92 Å². The van der Waals surface area contributed by atoms with Crippen LogP contribution in [0.15, 0.2) is 78.9 Å². The number of benzene rings is 3. The van der Waals surface area contributed by atoms with Crippen molar-refractivity contribution in [3.8, 4) is 17.1 Å². The molecule has 0 bridgehead atoms. The van der Waals surface area contributed by atoms with Gasteiger partial charge in [-0.25, -0.2) is 9.67 Å². The number of amides is 1. The molecule has 5 nitrogen and oxygen atoms in total. The van der Waals surface area contributed by atoms with Gasteiger partial charge in [-0.3, -0.25) is 4.79 Å². The summed E-state index contributed by atoms with van der Waals surface area (Å²) in [7, 11) is 0. The number of hydrogen-bond donors (Lipinski definition) is 1. The van der Waals surface area contributed by atoms with Gasteiger partial charge in [0.05, 0.1) is 5.69 Å². The summed E-state index contributed by atoms with van der Waals surface area (Å²) in [5.41, 5.74) is 4.85. The van der Waals surface area contributed by atoms with E-state index in [1.54, 1.807) is 4.68 Å². The second kappa shape index (κ2) is 8.10. The molecule has 144 valence electrons. The average molecular weight is 382 g/mol. The lowest BCUT2D eigenvalue weighted by Gasteiger charge is -2.06. The minimum atomic E-state index is -0.336. The maximum atomic E-state index is 12.8. The summed E-state index contributed by atoms with van der Waals surface area (Å²) >= 11 is 0. The Bertz CT molecular complexity index is 1110. The maximum absolute atomic E-state index is 12.8. The van der Waals surface area contributed by atoms with Gasteiger partial charge in [0.25, 0.3) is 5.91 Å². The molecule has 4 rings (SSSR count). The Hall–Kier alpha value is -3.73. The molecule has 0 aliphatic rings. The fourth-order valence-corrected chi connectivity index (χ4v) is 3.06. The van der Waals surface area contributed by atoms with Crippen molar-refractivity contribution >= 4 is 11.6 Å². The van der Waals surface area contributed by atoms with Crippen LogP contribution in [0.25, 0.3) is 17.1 Å². The van der Waals surface area contributed by atoms with Crippen LogP contribution in [0.1, 0.15) is 28.7 Å². The number of carbonyl (C=O) groups excluding carboxylic acids is 1. The number of nitrogens with one attached hydrogen (secondary N) is 1. The normalized spacial score (nSPS) is 10.7. The largest absolute Gasteiger partial charge is 0.319 e. The molecule has 0 unspecified atom stereocenters. The van der Waals surface area contributed by atoms with E-state index in [0.29, 0.717) is 5.82 Å². The molecule has 0 saturated carbocycles. The number of aromatic nitrogens is 3. The minimum Gasteiger partial charge on any atom is -0.319 e. The Balaban J connectivity index is 1.70. The summed E-state index contributed by atoms with van der Waals surface area (Å²) in [5.74, 6) is 0.419. The molecule has 1 N–H and O–H groups in total. The molecule has 0 fully saturated rings. The molecular weight excluding hydrogens is 360 g/mol. The highest BCUT2D eigenvalue weighted by atomic mass is 16.2. The van der Waals surface area contributed by atoms with E-state index in [0.717, 1.165) is 28.9 Å². The third-order valence-corrected chi connectivity index (χ3v) is 4.74. The van der Waals surface area contributed by atoms with Crippen molar-refractivity contribution in [1.29, 1.82) is 0 Å². The Labute approximate surface area is 170 Å². The van der Waals surface area contributed by atoms with E-state index in [2.05, 4.69) is 22.3 Å². The molecule has 4 aromatic rings. The Kier molecular flexibility index (Phi) is 5.20.